The van der Waals surface area contributed by atoms with Gasteiger partial charge in [-0.1, -0.05) is 38.1 Å². The molecule has 0 spiro atoms. The van der Waals surface area contributed by atoms with Gasteiger partial charge in [0.15, 0.2) is 0 Å². The van der Waals surface area contributed by atoms with Crippen molar-refractivity contribution in [3.8, 4) is 0 Å². The summed E-state index contributed by atoms with van der Waals surface area (Å²) in [6.45, 7) is 10.5. The van der Waals surface area contributed by atoms with Gasteiger partial charge in [-0.25, -0.2) is 0 Å². The van der Waals surface area contributed by atoms with E-state index < -0.39 is 0 Å². The lowest BCUT2D eigenvalue weighted by Gasteiger charge is -2.41. The van der Waals surface area contributed by atoms with Gasteiger partial charge in [0.05, 0.1) is 0 Å². The molecule has 116 valence electrons. The van der Waals surface area contributed by atoms with Gasteiger partial charge in [-0.2, -0.15) is 0 Å². The molecule has 0 amide bonds. The monoisotopic (exact) mass is 286 g/mol. The zero-order valence-corrected chi connectivity index (χ0v) is 13.8. The molecule has 1 aliphatic heterocycles. The lowest BCUT2D eigenvalue weighted by molar-refractivity contribution is 0.0997. The third-order valence-corrected chi connectivity index (χ3v) is 5.13. The number of nitrogens with one attached hydrogen (secondary N) is 1. The van der Waals surface area contributed by atoms with E-state index in [0.717, 1.165) is 24.4 Å². The van der Waals surface area contributed by atoms with Gasteiger partial charge in [-0.3, -0.25) is 4.90 Å². The standard InChI is InChI=1S/C19H30N2/c1-14(2)10-18-11-20-19(16-8-9-16)13-21(18)12-17-7-5-4-6-15(17)3/h4-7,14,16,18-20H,8-13H2,1-3H3. The van der Waals surface area contributed by atoms with Crippen LogP contribution in [0.1, 0.15) is 44.2 Å². The van der Waals surface area contributed by atoms with Crippen LogP contribution >= 0.6 is 0 Å². The van der Waals surface area contributed by atoms with Crippen LogP contribution in [-0.4, -0.2) is 30.1 Å². The first kappa shape index (κ1) is 15.1. The Balaban J connectivity index is 1.71. The Morgan fingerprint density at radius 1 is 1.24 bits per heavy atom. The third-order valence-electron chi connectivity index (χ3n) is 5.13. The van der Waals surface area contributed by atoms with Crippen molar-refractivity contribution in [2.75, 3.05) is 13.1 Å². The molecule has 0 aromatic heterocycles. The molecule has 21 heavy (non-hydrogen) atoms. The highest BCUT2D eigenvalue weighted by molar-refractivity contribution is 5.25. The fraction of sp³-hybridized carbons (Fsp3) is 0.684. The predicted octanol–water partition coefficient (Wildman–Crippen LogP) is 3.59. The van der Waals surface area contributed by atoms with Gasteiger partial charge in [0.1, 0.15) is 0 Å². The predicted molar refractivity (Wildman–Crippen MR) is 89.3 cm³/mol. The van der Waals surface area contributed by atoms with E-state index in [0.29, 0.717) is 6.04 Å². The molecule has 2 heteroatoms. The highest BCUT2D eigenvalue weighted by Crippen LogP contribution is 2.35. The lowest BCUT2D eigenvalue weighted by Crippen LogP contribution is -2.57. The van der Waals surface area contributed by atoms with Gasteiger partial charge in [-0.15, -0.1) is 0 Å². The maximum atomic E-state index is 3.83. The van der Waals surface area contributed by atoms with Gasteiger partial charge in [0.25, 0.3) is 0 Å². The maximum absolute atomic E-state index is 3.83. The molecule has 1 saturated carbocycles. The molecule has 1 aliphatic carbocycles. The third kappa shape index (κ3) is 3.87. The van der Waals surface area contributed by atoms with Crippen molar-refractivity contribution in [2.45, 2.75) is 58.7 Å². The highest BCUT2D eigenvalue weighted by Gasteiger charge is 2.37. The van der Waals surface area contributed by atoms with Gasteiger partial charge < -0.3 is 5.32 Å². The van der Waals surface area contributed by atoms with E-state index in [1.165, 1.54) is 43.5 Å². The second-order valence-corrected chi connectivity index (χ2v) is 7.49. The Hall–Kier alpha value is -0.860. The number of hydrogen-bond acceptors (Lipinski definition) is 2. The van der Waals surface area contributed by atoms with E-state index in [2.05, 4.69) is 55.3 Å². The van der Waals surface area contributed by atoms with Crippen molar-refractivity contribution < 1.29 is 0 Å². The second kappa shape index (κ2) is 6.50. The van der Waals surface area contributed by atoms with Crippen LogP contribution in [0.5, 0.6) is 0 Å². The Labute approximate surface area is 129 Å². The normalized spacial score (nSPS) is 27.2. The van der Waals surface area contributed by atoms with Crippen LogP contribution in [0.2, 0.25) is 0 Å². The summed E-state index contributed by atoms with van der Waals surface area (Å²) in [7, 11) is 0. The molecule has 1 saturated heterocycles. The molecule has 2 atom stereocenters. The molecule has 0 radical (unpaired) electrons. The van der Waals surface area contributed by atoms with E-state index in [-0.39, 0.29) is 0 Å². The molecule has 3 rings (SSSR count). The largest absolute Gasteiger partial charge is 0.311 e. The number of rotatable bonds is 5. The Kier molecular flexibility index (Phi) is 4.66. The quantitative estimate of drug-likeness (QED) is 0.890. The van der Waals surface area contributed by atoms with Crippen molar-refractivity contribution in [3.63, 3.8) is 0 Å². The Morgan fingerprint density at radius 3 is 2.67 bits per heavy atom. The van der Waals surface area contributed by atoms with Crippen LogP contribution in [0, 0.1) is 18.8 Å². The summed E-state index contributed by atoms with van der Waals surface area (Å²) in [5, 5.41) is 3.83. The fourth-order valence-corrected chi connectivity index (χ4v) is 3.67. The van der Waals surface area contributed by atoms with Gasteiger partial charge in [0, 0.05) is 31.7 Å². The molecule has 2 fully saturated rings. The molecule has 2 aliphatic rings. The van der Waals surface area contributed by atoms with Crippen molar-refractivity contribution in [2.24, 2.45) is 11.8 Å². The summed E-state index contributed by atoms with van der Waals surface area (Å²) >= 11 is 0. The van der Waals surface area contributed by atoms with Crippen LogP contribution in [0.4, 0.5) is 0 Å². The van der Waals surface area contributed by atoms with E-state index in [9.17, 15) is 0 Å². The summed E-state index contributed by atoms with van der Waals surface area (Å²) in [6, 6.07) is 10.3. The summed E-state index contributed by atoms with van der Waals surface area (Å²) in [5.74, 6) is 1.72. The maximum Gasteiger partial charge on any atom is 0.0240 e. The zero-order chi connectivity index (χ0) is 14.8. The number of nitrogens with zero attached hydrogens (tertiary/aromatic N) is 1. The van der Waals surface area contributed by atoms with Crippen LogP contribution in [0.15, 0.2) is 24.3 Å². The minimum absolute atomic E-state index is 0.694. The number of hydrogen-bond donors (Lipinski definition) is 1. The van der Waals surface area contributed by atoms with Crippen LogP contribution in [0.3, 0.4) is 0 Å². The summed E-state index contributed by atoms with van der Waals surface area (Å²) in [6.07, 6.45) is 4.17. The van der Waals surface area contributed by atoms with E-state index in [1.807, 2.05) is 0 Å². The average Bonchev–Trinajstić information content (AvgIpc) is 3.27. The first-order valence-corrected chi connectivity index (χ1v) is 8.65. The van der Waals surface area contributed by atoms with Gasteiger partial charge in [-0.05, 0) is 49.1 Å². The van der Waals surface area contributed by atoms with Crippen LogP contribution < -0.4 is 5.32 Å². The number of aryl methyl sites for hydroxylation is 1. The van der Waals surface area contributed by atoms with Crippen molar-refractivity contribution in [3.05, 3.63) is 35.4 Å². The van der Waals surface area contributed by atoms with Crippen molar-refractivity contribution in [1.82, 2.24) is 10.2 Å². The number of piperazine rings is 1. The molecular formula is C19H30N2. The molecular weight excluding hydrogens is 256 g/mol. The molecule has 1 heterocycles. The van der Waals surface area contributed by atoms with Crippen molar-refractivity contribution in [1.29, 1.82) is 0 Å². The molecule has 0 bridgehead atoms. The van der Waals surface area contributed by atoms with Crippen LogP contribution in [0.25, 0.3) is 0 Å². The SMILES string of the molecule is Cc1ccccc1CN1CC(C2CC2)NCC1CC(C)C. The van der Waals surface area contributed by atoms with Gasteiger partial charge in [0.2, 0.25) is 0 Å². The Morgan fingerprint density at radius 2 is 2.00 bits per heavy atom. The topological polar surface area (TPSA) is 15.3 Å². The van der Waals surface area contributed by atoms with E-state index in [4.69, 9.17) is 0 Å². The second-order valence-electron chi connectivity index (χ2n) is 7.49. The summed E-state index contributed by atoms with van der Waals surface area (Å²) in [4.78, 5) is 2.75. The lowest BCUT2D eigenvalue weighted by atomic mass is 9.96. The molecule has 1 N–H and O–H groups in total. The van der Waals surface area contributed by atoms with Gasteiger partial charge >= 0.3 is 0 Å². The zero-order valence-electron chi connectivity index (χ0n) is 13.8. The molecule has 1 aromatic rings. The summed E-state index contributed by atoms with van der Waals surface area (Å²) < 4.78 is 0. The van der Waals surface area contributed by atoms with Crippen molar-refractivity contribution >= 4 is 0 Å². The Bertz CT molecular complexity index is 464. The first-order valence-electron chi connectivity index (χ1n) is 8.65. The van der Waals surface area contributed by atoms with E-state index in [1.54, 1.807) is 0 Å². The van der Waals surface area contributed by atoms with Crippen LogP contribution in [-0.2, 0) is 6.54 Å². The van der Waals surface area contributed by atoms with E-state index >= 15 is 0 Å². The molecule has 2 nitrogen and oxygen atoms in total. The molecule has 1 aromatic carbocycles. The fourth-order valence-electron chi connectivity index (χ4n) is 3.67. The number of benzene rings is 1. The minimum atomic E-state index is 0.694. The summed E-state index contributed by atoms with van der Waals surface area (Å²) in [5.41, 5.74) is 2.94. The smallest absolute Gasteiger partial charge is 0.0240 e. The molecule has 2 unspecified atom stereocenters. The average molecular weight is 286 g/mol. The first-order chi connectivity index (χ1) is 10.1. The highest BCUT2D eigenvalue weighted by atomic mass is 15.2. The minimum Gasteiger partial charge on any atom is -0.311 e.